The van der Waals surface area contributed by atoms with Crippen LogP contribution in [0.25, 0.3) is 0 Å². The molecule has 0 rings (SSSR count). The molecule has 2 heteroatoms. The maximum Gasteiger partial charge on any atom is 0.0537 e. The van der Waals surface area contributed by atoms with Crippen LogP contribution in [0.1, 0.15) is 33.6 Å². The zero-order chi connectivity index (χ0) is 8.15. The largest absolute Gasteiger partial charge is 0.393 e. The lowest BCUT2D eigenvalue weighted by molar-refractivity contribution is 0.111. The van der Waals surface area contributed by atoms with Gasteiger partial charge in [0.15, 0.2) is 0 Å². The summed E-state index contributed by atoms with van der Waals surface area (Å²) in [6.07, 6.45) is 1.20. The van der Waals surface area contributed by atoms with E-state index in [-0.39, 0.29) is 12.2 Å². The molecular weight excluding hydrogens is 128 g/mol. The van der Waals surface area contributed by atoms with Crippen LogP contribution in [-0.2, 0) is 0 Å². The Balaban J connectivity index is 3.30. The minimum atomic E-state index is -0.251. The minimum Gasteiger partial charge on any atom is -0.393 e. The van der Waals surface area contributed by atoms with Gasteiger partial charge in [-0.2, -0.15) is 0 Å². The van der Waals surface area contributed by atoms with Crippen LogP contribution in [0.2, 0.25) is 0 Å². The molecule has 0 saturated heterocycles. The molecule has 2 N–H and O–H groups in total. The summed E-state index contributed by atoms with van der Waals surface area (Å²) in [5.74, 6) is 0.301. The Morgan fingerprint density at radius 2 is 1.50 bits per heavy atom. The van der Waals surface area contributed by atoms with Gasteiger partial charge in [0.1, 0.15) is 0 Å². The quantitative estimate of drug-likeness (QED) is 0.625. The van der Waals surface area contributed by atoms with E-state index in [0.29, 0.717) is 5.92 Å². The molecule has 0 aromatic rings. The number of hydrogen-bond donors (Lipinski definition) is 2. The predicted molar refractivity (Wildman–Crippen MR) is 41.8 cm³/mol. The molecule has 10 heavy (non-hydrogen) atoms. The molecule has 0 saturated carbocycles. The second-order valence-electron chi connectivity index (χ2n) is 3.14. The number of rotatable bonds is 4. The average molecular weight is 146 g/mol. The van der Waals surface area contributed by atoms with Gasteiger partial charge < -0.3 is 10.2 Å². The van der Waals surface area contributed by atoms with Crippen molar-refractivity contribution < 1.29 is 10.2 Å². The highest BCUT2D eigenvalue weighted by atomic mass is 16.3. The van der Waals surface area contributed by atoms with Crippen molar-refractivity contribution in [1.82, 2.24) is 0 Å². The van der Waals surface area contributed by atoms with E-state index in [1.54, 1.807) is 13.8 Å². The molecule has 0 aromatic carbocycles. The van der Waals surface area contributed by atoms with E-state index >= 15 is 0 Å². The van der Waals surface area contributed by atoms with Crippen LogP contribution in [0.3, 0.4) is 0 Å². The third kappa shape index (κ3) is 4.77. The van der Waals surface area contributed by atoms with Crippen molar-refractivity contribution in [1.29, 1.82) is 0 Å². The maximum absolute atomic E-state index is 9.05. The van der Waals surface area contributed by atoms with Crippen molar-refractivity contribution in [3.63, 3.8) is 0 Å². The first-order valence-corrected chi connectivity index (χ1v) is 3.90. The zero-order valence-corrected chi connectivity index (χ0v) is 7.04. The fourth-order valence-electron chi connectivity index (χ4n) is 0.745. The summed E-state index contributed by atoms with van der Waals surface area (Å²) in [4.78, 5) is 0. The molecule has 3 atom stereocenters. The summed E-state index contributed by atoms with van der Waals surface area (Å²) in [7, 11) is 0. The number of hydrogen-bond acceptors (Lipinski definition) is 2. The second kappa shape index (κ2) is 4.69. The normalized spacial score (nSPS) is 20.1. The van der Waals surface area contributed by atoms with Gasteiger partial charge in [-0.05, 0) is 32.6 Å². The van der Waals surface area contributed by atoms with Crippen molar-refractivity contribution in [3.05, 3.63) is 0 Å². The van der Waals surface area contributed by atoms with Gasteiger partial charge >= 0.3 is 0 Å². The summed E-state index contributed by atoms with van der Waals surface area (Å²) in [5, 5.41) is 18.0. The van der Waals surface area contributed by atoms with Crippen molar-refractivity contribution >= 4 is 0 Å². The highest BCUT2D eigenvalue weighted by molar-refractivity contribution is 4.60. The molecule has 0 amide bonds. The highest BCUT2D eigenvalue weighted by Crippen LogP contribution is 2.11. The van der Waals surface area contributed by atoms with Crippen LogP contribution in [0.4, 0.5) is 0 Å². The molecule has 0 heterocycles. The first-order valence-electron chi connectivity index (χ1n) is 3.90. The van der Waals surface area contributed by atoms with Crippen LogP contribution < -0.4 is 0 Å². The summed E-state index contributed by atoms with van der Waals surface area (Å²) in [6.45, 7) is 5.55. The molecule has 0 aromatic heterocycles. The summed E-state index contributed by atoms with van der Waals surface area (Å²) < 4.78 is 0. The molecule has 0 aliphatic rings. The molecule has 2 nitrogen and oxygen atoms in total. The smallest absolute Gasteiger partial charge is 0.0537 e. The van der Waals surface area contributed by atoms with Crippen molar-refractivity contribution in [3.8, 4) is 0 Å². The minimum absolute atomic E-state index is 0.235. The molecule has 0 aliphatic carbocycles. The zero-order valence-electron chi connectivity index (χ0n) is 7.04. The van der Waals surface area contributed by atoms with E-state index in [0.717, 1.165) is 12.8 Å². The van der Waals surface area contributed by atoms with E-state index < -0.39 is 0 Å². The average Bonchev–Trinajstić information content (AvgIpc) is 1.82. The summed E-state index contributed by atoms with van der Waals surface area (Å²) in [6, 6.07) is 0. The topological polar surface area (TPSA) is 40.5 Å². The van der Waals surface area contributed by atoms with Crippen LogP contribution >= 0.6 is 0 Å². The fraction of sp³-hybridized carbons (Fsp3) is 1.00. The van der Waals surface area contributed by atoms with E-state index in [4.69, 9.17) is 10.2 Å². The Morgan fingerprint density at radius 1 is 1.00 bits per heavy atom. The SMILES string of the molecule is CC(O)CCC(C)C(C)O. The second-order valence-corrected chi connectivity index (χ2v) is 3.14. The third-order valence-electron chi connectivity index (χ3n) is 1.86. The Kier molecular flexibility index (Phi) is 4.65. The first-order chi connectivity index (χ1) is 4.54. The standard InChI is InChI=1S/C8H18O2/c1-6(8(3)10)4-5-7(2)9/h6-10H,4-5H2,1-3H3. The molecule has 0 spiro atoms. The lowest BCUT2D eigenvalue weighted by atomic mass is 9.99. The van der Waals surface area contributed by atoms with Crippen LogP contribution in [0.5, 0.6) is 0 Å². The van der Waals surface area contributed by atoms with Crippen molar-refractivity contribution in [2.75, 3.05) is 0 Å². The lowest BCUT2D eigenvalue weighted by Gasteiger charge is -2.14. The molecule has 62 valence electrons. The van der Waals surface area contributed by atoms with Gasteiger partial charge in [-0.3, -0.25) is 0 Å². The maximum atomic E-state index is 9.05. The van der Waals surface area contributed by atoms with Gasteiger partial charge in [0, 0.05) is 0 Å². The summed E-state index contributed by atoms with van der Waals surface area (Å²) >= 11 is 0. The molecule has 0 radical (unpaired) electrons. The van der Waals surface area contributed by atoms with Crippen molar-refractivity contribution in [2.45, 2.75) is 45.8 Å². The van der Waals surface area contributed by atoms with Gasteiger partial charge in [0.25, 0.3) is 0 Å². The van der Waals surface area contributed by atoms with Crippen LogP contribution in [0, 0.1) is 5.92 Å². The molecule has 3 unspecified atom stereocenters. The molecule has 0 fully saturated rings. The van der Waals surface area contributed by atoms with Crippen molar-refractivity contribution in [2.24, 2.45) is 5.92 Å². The number of aliphatic hydroxyl groups is 2. The Morgan fingerprint density at radius 3 is 1.80 bits per heavy atom. The molecular formula is C8H18O2. The van der Waals surface area contributed by atoms with Gasteiger partial charge in [0.2, 0.25) is 0 Å². The monoisotopic (exact) mass is 146 g/mol. The van der Waals surface area contributed by atoms with E-state index in [1.807, 2.05) is 6.92 Å². The predicted octanol–water partition coefficient (Wildman–Crippen LogP) is 1.16. The first kappa shape index (κ1) is 9.92. The van der Waals surface area contributed by atoms with Gasteiger partial charge in [0.05, 0.1) is 12.2 Å². The van der Waals surface area contributed by atoms with Gasteiger partial charge in [-0.15, -0.1) is 0 Å². The van der Waals surface area contributed by atoms with Gasteiger partial charge in [-0.25, -0.2) is 0 Å². The van der Waals surface area contributed by atoms with E-state index in [2.05, 4.69) is 0 Å². The Hall–Kier alpha value is -0.0800. The van der Waals surface area contributed by atoms with Crippen LogP contribution in [-0.4, -0.2) is 22.4 Å². The Labute approximate surface area is 62.9 Å². The summed E-state index contributed by atoms with van der Waals surface area (Å²) in [5.41, 5.74) is 0. The van der Waals surface area contributed by atoms with Gasteiger partial charge in [-0.1, -0.05) is 6.92 Å². The Bertz CT molecular complexity index is 79.3. The molecule has 0 aliphatic heterocycles. The van der Waals surface area contributed by atoms with Crippen LogP contribution in [0.15, 0.2) is 0 Å². The molecule has 0 bridgehead atoms. The number of aliphatic hydroxyl groups excluding tert-OH is 2. The third-order valence-corrected chi connectivity index (χ3v) is 1.86. The van der Waals surface area contributed by atoms with E-state index in [1.165, 1.54) is 0 Å². The lowest BCUT2D eigenvalue weighted by Crippen LogP contribution is -2.14. The highest BCUT2D eigenvalue weighted by Gasteiger charge is 2.08. The fourth-order valence-corrected chi connectivity index (χ4v) is 0.745. The van der Waals surface area contributed by atoms with E-state index in [9.17, 15) is 0 Å².